The molecule has 0 radical (unpaired) electrons. The minimum Gasteiger partial charge on any atom is -0.466 e. The molecule has 0 aromatic carbocycles. The van der Waals surface area contributed by atoms with Crippen LogP contribution < -0.4 is 5.32 Å². The smallest absolute Gasteiger partial charge is 0.313 e. The Balaban J connectivity index is 2.90. The Labute approximate surface area is 105 Å². The van der Waals surface area contributed by atoms with Crippen molar-refractivity contribution in [3.63, 3.8) is 0 Å². The predicted octanol–water partition coefficient (Wildman–Crippen LogP) is -0.392. The van der Waals surface area contributed by atoms with Crippen LogP contribution in [-0.4, -0.2) is 48.3 Å². The largest absolute Gasteiger partial charge is 0.466 e. The van der Waals surface area contributed by atoms with Crippen molar-refractivity contribution in [1.82, 2.24) is 10.2 Å². The van der Waals surface area contributed by atoms with Crippen LogP contribution in [0.15, 0.2) is 0 Å². The number of hydrogen-bond acceptors (Lipinski definition) is 6. The average Bonchev–Trinajstić information content (AvgIpc) is 2.60. The molecule has 0 bridgehead atoms. The molecule has 18 heavy (non-hydrogen) atoms. The van der Waals surface area contributed by atoms with Crippen LogP contribution in [0.3, 0.4) is 0 Å². The molecule has 102 valence electrons. The van der Waals surface area contributed by atoms with Crippen molar-refractivity contribution in [2.24, 2.45) is 0 Å². The molecule has 1 unspecified atom stereocenters. The third-order valence-corrected chi connectivity index (χ3v) is 2.55. The molecule has 1 aliphatic heterocycles. The Hall–Kier alpha value is -1.63. The minimum atomic E-state index is -1.41. The molecule has 1 fully saturated rings. The number of hydrogen-bond donors (Lipinski definition) is 1. The van der Waals surface area contributed by atoms with Crippen molar-refractivity contribution in [1.29, 1.82) is 0 Å². The SMILES string of the molecule is CCOC(=O)CC1(OC(C)=O)NCCN1C(C)=O. The van der Waals surface area contributed by atoms with E-state index in [4.69, 9.17) is 9.47 Å². The Morgan fingerprint density at radius 2 is 2.00 bits per heavy atom. The maximum Gasteiger partial charge on any atom is 0.313 e. The van der Waals surface area contributed by atoms with Gasteiger partial charge in [-0.2, -0.15) is 0 Å². The number of nitrogens with one attached hydrogen (secondary N) is 1. The van der Waals surface area contributed by atoms with Crippen LogP contribution in [0.25, 0.3) is 0 Å². The Morgan fingerprint density at radius 3 is 2.50 bits per heavy atom. The molecule has 1 atom stereocenters. The molecule has 0 spiro atoms. The lowest BCUT2D eigenvalue weighted by Crippen LogP contribution is -2.57. The highest BCUT2D eigenvalue weighted by Gasteiger charge is 2.47. The maximum absolute atomic E-state index is 11.6. The van der Waals surface area contributed by atoms with E-state index in [1.807, 2.05) is 0 Å². The molecular formula is C11H18N2O5. The zero-order chi connectivity index (χ0) is 13.8. The van der Waals surface area contributed by atoms with Gasteiger partial charge in [-0.25, -0.2) is 0 Å². The molecule has 7 heteroatoms. The fourth-order valence-electron chi connectivity index (χ4n) is 1.98. The van der Waals surface area contributed by atoms with Gasteiger partial charge >= 0.3 is 11.9 Å². The summed E-state index contributed by atoms with van der Waals surface area (Å²) in [5, 5.41) is 2.88. The van der Waals surface area contributed by atoms with Gasteiger partial charge in [0.2, 0.25) is 5.91 Å². The van der Waals surface area contributed by atoms with Crippen molar-refractivity contribution in [3.8, 4) is 0 Å². The number of carbonyl (C=O) groups is 3. The van der Waals surface area contributed by atoms with Crippen LogP contribution in [0.1, 0.15) is 27.2 Å². The summed E-state index contributed by atoms with van der Waals surface area (Å²) < 4.78 is 9.97. The summed E-state index contributed by atoms with van der Waals surface area (Å²) in [6, 6.07) is 0. The van der Waals surface area contributed by atoms with Gasteiger partial charge in [-0.05, 0) is 6.92 Å². The number of rotatable bonds is 4. The summed E-state index contributed by atoms with van der Waals surface area (Å²) in [7, 11) is 0. The van der Waals surface area contributed by atoms with E-state index in [1.54, 1.807) is 6.92 Å². The predicted molar refractivity (Wildman–Crippen MR) is 61.1 cm³/mol. The zero-order valence-electron chi connectivity index (χ0n) is 10.8. The summed E-state index contributed by atoms with van der Waals surface area (Å²) in [6.45, 7) is 5.33. The molecule has 1 heterocycles. The second-order valence-electron chi connectivity index (χ2n) is 3.96. The number of nitrogens with zero attached hydrogens (tertiary/aromatic N) is 1. The van der Waals surface area contributed by atoms with Gasteiger partial charge in [-0.3, -0.25) is 24.6 Å². The summed E-state index contributed by atoms with van der Waals surface area (Å²) in [5.41, 5.74) is 0. The standard InChI is InChI=1S/C11H18N2O5/c1-4-17-10(16)7-11(18-9(3)15)12-5-6-13(11)8(2)14/h12H,4-7H2,1-3H3. The third kappa shape index (κ3) is 3.19. The van der Waals surface area contributed by atoms with Gasteiger partial charge in [0.1, 0.15) is 6.42 Å². The van der Waals surface area contributed by atoms with Crippen LogP contribution in [0.4, 0.5) is 0 Å². The topological polar surface area (TPSA) is 84.9 Å². The van der Waals surface area contributed by atoms with Crippen molar-refractivity contribution < 1.29 is 23.9 Å². The highest BCUT2D eigenvalue weighted by Crippen LogP contribution is 2.24. The first-order valence-electron chi connectivity index (χ1n) is 5.79. The van der Waals surface area contributed by atoms with E-state index in [0.717, 1.165) is 0 Å². The lowest BCUT2D eigenvalue weighted by molar-refractivity contribution is -0.191. The number of ether oxygens (including phenoxy) is 2. The Bertz CT molecular complexity index is 357. The number of esters is 2. The van der Waals surface area contributed by atoms with E-state index in [1.165, 1.54) is 18.7 Å². The average molecular weight is 258 g/mol. The number of carbonyl (C=O) groups excluding carboxylic acids is 3. The molecule has 1 N–H and O–H groups in total. The first kappa shape index (κ1) is 14.4. The molecule has 1 rings (SSSR count). The molecule has 1 amide bonds. The van der Waals surface area contributed by atoms with E-state index < -0.39 is 17.8 Å². The Kier molecular flexibility index (Phi) is 4.66. The molecular weight excluding hydrogens is 240 g/mol. The summed E-state index contributed by atoms with van der Waals surface area (Å²) in [5.74, 6) is -2.78. The van der Waals surface area contributed by atoms with Gasteiger partial charge < -0.3 is 9.47 Å². The van der Waals surface area contributed by atoms with Crippen molar-refractivity contribution in [2.45, 2.75) is 33.0 Å². The first-order chi connectivity index (χ1) is 8.41. The van der Waals surface area contributed by atoms with Crippen LogP contribution >= 0.6 is 0 Å². The quantitative estimate of drug-likeness (QED) is 0.691. The fraction of sp³-hybridized carbons (Fsp3) is 0.727. The van der Waals surface area contributed by atoms with Gasteiger partial charge in [0.25, 0.3) is 5.85 Å². The molecule has 0 aromatic rings. The first-order valence-corrected chi connectivity index (χ1v) is 5.79. The second kappa shape index (κ2) is 5.81. The molecule has 0 saturated carbocycles. The molecule has 0 aliphatic carbocycles. The van der Waals surface area contributed by atoms with Crippen LogP contribution in [0.5, 0.6) is 0 Å². The number of amides is 1. The summed E-state index contributed by atoms with van der Waals surface area (Å²) >= 11 is 0. The van der Waals surface area contributed by atoms with E-state index in [-0.39, 0.29) is 18.9 Å². The van der Waals surface area contributed by atoms with Gasteiger partial charge in [0.15, 0.2) is 0 Å². The Morgan fingerprint density at radius 1 is 1.33 bits per heavy atom. The third-order valence-electron chi connectivity index (χ3n) is 2.55. The van der Waals surface area contributed by atoms with Gasteiger partial charge in [0.05, 0.1) is 6.61 Å². The summed E-state index contributed by atoms with van der Waals surface area (Å²) in [6.07, 6.45) is -0.222. The van der Waals surface area contributed by atoms with Crippen molar-refractivity contribution in [2.75, 3.05) is 19.7 Å². The van der Waals surface area contributed by atoms with Gasteiger partial charge in [0, 0.05) is 26.9 Å². The van der Waals surface area contributed by atoms with Crippen LogP contribution in [0, 0.1) is 0 Å². The van der Waals surface area contributed by atoms with Gasteiger partial charge in [-0.15, -0.1) is 0 Å². The molecule has 1 aliphatic rings. The van der Waals surface area contributed by atoms with Gasteiger partial charge in [-0.1, -0.05) is 0 Å². The van der Waals surface area contributed by atoms with Crippen molar-refractivity contribution >= 4 is 17.8 Å². The highest BCUT2D eigenvalue weighted by molar-refractivity contribution is 5.78. The van der Waals surface area contributed by atoms with Crippen LogP contribution in [0.2, 0.25) is 0 Å². The molecule has 7 nitrogen and oxygen atoms in total. The zero-order valence-corrected chi connectivity index (χ0v) is 10.8. The maximum atomic E-state index is 11.6. The lowest BCUT2D eigenvalue weighted by atomic mass is 10.2. The molecule has 1 saturated heterocycles. The lowest BCUT2D eigenvalue weighted by Gasteiger charge is -2.35. The monoisotopic (exact) mass is 258 g/mol. The normalized spacial score (nSPS) is 22.7. The fourth-order valence-corrected chi connectivity index (χ4v) is 1.98. The molecule has 0 aromatic heterocycles. The minimum absolute atomic E-state index is 0.222. The highest BCUT2D eigenvalue weighted by atomic mass is 16.6. The van der Waals surface area contributed by atoms with Crippen LogP contribution in [-0.2, 0) is 23.9 Å². The van der Waals surface area contributed by atoms with E-state index in [9.17, 15) is 14.4 Å². The van der Waals surface area contributed by atoms with E-state index in [2.05, 4.69) is 5.32 Å². The van der Waals surface area contributed by atoms with Crippen molar-refractivity contribution in [3.05, 3.63) is 0 Å². The summed E-state index contributed by atoms with van der Waals surface area (Å²) in [4.78, 5) is 35.6. The second-order valence-corrected chi connectivity index (χ2v) is 3.96. The van der Waals surface area contributed by atoms with E-state index in [0.29, 0.717) is 13.1 Å². The van der Waals surface area contributed by atoms with E-state index >= 15 is 0 Å².